The van der Waals surface area contributed by atoms with Gasteiger partial charge in [-0.25, -0.2) is 0 Å². The van der Waals surface area contributed by atoms with Gasteiger partial charge >= 0.3 is 0 Å². The van der Waals surface area contributed by atoms with Gasteiger partial charge in [0.25, 0.3) is 0 Å². The molecule has 0 amide bonds. The lowest BCUT2D eigenvalue weighted by molar-refractivity contribution is 0.173. The van der Waals surface area contributed by atoms with Crippen molar-refractivity contribution in [3.63, 3.8) is 0 Å². The summed E-state index contributed by atoms with van der Waals surface area (Å²) in [5.41, 5.74) is 2.22. The number of nitrogens with zero attached hydrogens (tertiary/aromatic N) is 1. The van der Waals surface area contributed by atoms with Crippen LogP contribution in [0.2, 0.25) is 0 Å². The third-order valence-corrected chi connectivity index (χ3v) is 3.55. The van der Waals surface area contributed by atoms with E-state index in [1.54, 1.807) is 0 Å². The van der Waals surface area contributed by atoms with Gasteiger partial charge in [0, 0.05) is 18.8 Å². The molecular formula is C16H27NO. The van der Waals surface area contributed by atoms with Crippen molar-refractivity contribution < 1.29 is 5.11 Å². The van der Waals surface area contributed by atoms with Crippen LogP contribution >= 0.6 is 0 Å². The summed E-state index contributed by atoms with van der Waals surface area (Å²) < 4.78 is 0. The summed E-state index contributed by atoms with van der Waals surface area (Å²) in [6.07, 6.45) is 1.62. The van der Waals surface area contributed by atoms with Crippen LogP contribution in [0.25, 0.3) is 0 Å². The number of aliphatic hydroxyl groups is 1. The molecule has 2 heteroatoms. The highest BCUT2D eigenvalue weighted by atomic mass is 16.3. The van der Waals surface area contributed by atoms with Gasteiger partial charge in [0.1, 0.15) is 0 Å². The van der Waals surface area contributed by atoms with Gasteiger partial charge in [-0.1, -0.05) is 32.9 Å². The zero-order valence-corrected chi connectivity index (χ0v) is 12.4. The van der Waals surface area contributed by atoms with Crippen LogP contribution in [0, 0.1) is 5.92 Å². The highest BCUT2D eigenvalue weighted by molar-refractivity contribution is 5.48. The molecule has 0 fully saturated rings. The topological polar surface area (TPSA) is 23.5 Å². The number of rotatable bonds is 6. The van der Waals surface area contributed by atoms with Crippen molar-refractivity contribution in [3.8, 4) is 0 Å². The van der Waals surface area contributed by atoms with E-state index in [9.17, 15) is 5.11 Å². The van der Waals surface area contributed by atoms with Crippen LogP contribution in [0.4, 0.5) is 5.69 Å². The molecular weight excluding hydrogens is 222 g/mol. The fraction of sp³-hybridized carbons (Fsp3) is 0.625. The van der Waals surface area contributed by atoms with Crippen molar-refractivity contribution in [2.75, 3.05) is 11.9 Å². The minimum absolute atomic E-state index is 0.336. The Morgan fingerprint density at radius 1 is 1.11 bits per heavy atom. The predicted molar refractivity (Wildman–Crippen MR) is 79.0 cm³/mol. The Hall–Kier alpha value is -1.02. The third-order valence-electron chi connectivity index (χ3n) is 3.55. The van der Waals surface area contributed by atoms with Gasteiger partial charge in [0.2, 0.25) is 0 Å². The fourth-order valence-electron chi connectivity index (χ4n) is 2.26. The molecule has 2 atom stereocenters. The maximum Gasteiger partial charge on any atom is 0.0787 e. The minimum atomic E-state index is -0.336. The van der Waals surface area contributed by atoms with E-state index in [-0.39, 0.29) is 6.10 Å². The van der Waals surface area contributed by atoms with Crippen LogP contribution < -0.4 is 4.90 Å². The van der Waals surface area contributed by atoms with Crippen LogP contribution in [0.3, 0.4) is 0 Å². The van der Waals surface area contributed by atoms with E-state index in [1.165, 1.54) is 12.1 Å². The second-order valence-corrected chi connectivity index (χ2v) is 5.61. The van der Waals surface area contributed by atoms with Gasteiger partial charge in [-0.15, -0.1) is 0 Å². The normalized spacial score (nSPS) is 14.6. The van der Waals surface area contributed by atoms with Crippen molar-refractivity contribution in [2.24, 2.45) is 5.92 Å². The molecule has 0 spiro atoms. The molecule has 0 aromatic heterocycles. The zero-order chi connectivity index (χ0) is 13.7. The summed E-state index contributed by atoms with van der Waals surface area (Å²) in [4.78, 5) is 2.31. The molecule has 1 rings (SSSR count). The highest BCUT2D eigenvalue weighted by Gasteiger charge is 2.12. The monoisotopic (exact) mass is 249 g/mol. The van der Waals surface area contributed by atoms with Crippen molar-refractivity contribution in [1.29, 1.82) is 0 Å². The molecule has 1 unspecified atom stereocenters. The number of anilines is 1. The van der Waals surface area contributed by atoms with E-state index < -0.39 is 0 Å². The van der Waals surface area contributed by atoms with E-state index in [2.05, 4.69) is 44.9 Å². The Morgan fingerprint density at radius 3 is 2.11 bits per heavy atom. The maximum absolute atomic E-state index is 9.77. The van der Waals surface area contributed by atoms with Crippen molar-refractivity contribution in [1.82, 2.24) is 0 Å². The number of aliphatic hydroxyl groups excluding tert-OH is 1. The Morgan fingerprint density at radius 2 is 1.67 bits per heavy atom. The molecule has 1 N–H and O–H groups in total. The molecule has 1 aromatic carbocycles. The lowest BCUT2D eigenvalue weighted by Gasteiger charge is -2.28. The average molecular weight is 249 g/mol. The van der Waals surface area contributed by atoms with E-state index >= 15 is 0 Å². The Balaban J connectivity index is 2.72. The van der Waals surface area contributed by atoms with Gasteiger partial charge in [-0.2, -0.15) is 0 Å². The summed E-state index contributed by atoms with van der Waals surface area (Å²) in [7, 11) is 2.14. The largest absolute Gasteiger partial charge is 0.388 e. The first-order chi connectivity index (χ1) is 8.45. The highest BCUT2D eigenvalue weighted by Crippen LogP contribution is 2.23. The second-order valence-electron chi connectivity index (χ2n) is 5.61. The van der Waals surface area contributed by atoms with Gasteiger partial charge < -0.3 is 10.0 Å². The Labute approximate surface area is 112 Å². The first-order valence-electron chi connectivity index (χ1n) is 6.96. The van der Waals surface area contributed by atoms with E-state index in [1.807, 2.05) is 19.1 Å². The zero-order valence-electron chi connectivity index (χ0n) is 12.4. The quantitative estimate of drug-likeness (QED) is 0.823. The molecule has 0 aliphatic rings. The molecule has 0 radical (unpaired) electrons. The van der Waals surface area contributed by atoms with Crippen LogP contribution in [-0.2, 0) is 0 Å². The summed E-state index contributed by atoms with van der Waals surface area (Å²) in [5, 5.41) is 9.77. The standard InChI is InChI=1S/C16H27NO/c1-6-16(18)14-7-9-15(10-8-14)17(5)13(4)11-12(2)3/h7-10,12-13,16,18H,6,11H2,1-5H3/t13?,16-/m1/s1. The van der Waals surface area contributed by atoms with Crippen molar-refractivity contribution in [3.05, 3.63) is 29.8 Å². The van der Waals surface area contributed by atoms with Crippen LogP contribution in [-0.4, -0.2) is 18.2 Å². The van der Waals surface area contributed by atoms with Gasteiger partial charge in [-0.3, -0.25) is 0 Å². The second kappa shape index (κ2) is 6.79. The lowest BCUT2D eigenvalue weighted by atomic mass is 10.0. The maximum atomic E-state index is 9.77. The molecule has 102 valence electrons. The minimum Gasteiger partial charge on any atom is -0.388 e. The van der Waals surface area contributed by atoms with Crippen LogP contribution in [0.15, 0.2) is 24.3 Å². The Kier molecular flexibility index (Phi) is 5.67. The third kappa shape index (κ3) is 4.02. The van der Waals surface area contributed by atoms with E-state index in [0.29, 0.717) is 12.0 Å². The average Bonchev–Trinajstić information content (AvgIpc) is 2.36. The molecule has 2 nitrogen and oxygen atoms in total. The number of hydrogen-bond donors (Lipinski definition) is 1. The molecule has 0 aliphatic carbocycles. The van der Waals surface area contributed by atoms with Crippen molar-refractivity contribution in [2.45, 2.75) is 52.7 Å². The van der Waals surface area contributed by atoms with Gasteiger partial charge in [0.15, 0.2) is 0 Å². The molecule has 0 bridgehead atoms. The first kappa shape index (κ1) is 15.0. The van der Waals surface area contributed by atoms with Gasteiger partial charge in [0.05, 0.1) is 6.10 Å². The molecule has 1 aromatic rings. The number of benzene rings is 1. The summed E-state index contributed by atoms with van der Waals surface area (Å²) in [5.74, 6) is 0.712. The van der Waals surface area contributed by atoms with Crippen molar-refractivity contribution >= 4 is 5.69 Å². The Bertz CT molecular complexity index is 345. The predicted octanol–water partition coefficient (Wildman–Crippen LogP) is 4.00. The summed E-state index contributed by atoms with van der Waals surface area (Å²) in [6, 6.07) is 8.80. The summed E-state index contributed by atoms with van der Waals surface area (Å²) in [6.45, 7) is 8.76. The number of hydrogen-bond acceptors (Lipinski definition) is 2. The fourth-order valence-corrected chi connectivity index (χ4v) is 2.26. The first-order valence-corrected chi connectivity index (χ1v) is 6.96. The van der Waals surface area contributed by atoms with E-state index in [0.717, 1.165) is 12.0 Å². The van der Waals surface area contributed by atoms with Gasteiger partial charge in [-0.05, 0) is 43.4 Å². The lowest BCUT2D eigenvalue weighted by Crippen LogP contribution is -2.29. The molecule has 18 heavy (non-hydrogen) atoms. The van der Waals surface area contributed by atoms with E-state index in [4.69, 9.17) is 0 Å². The molecule has 0 aliphatic heterocycles. The SMILES string of the molecule is CC[C@@H](O)c1ccc(N(C)C(C)CC(C)C)cc1. The smallest absolute Gasteiger partial charge is 0.0787 e. The molecule has 0 saturated heterocycles. The molecule has 0 heterocycles. The molecule has 0 saturated carbocycles. The van der Waals surface area contributed by atoms with Crippen LogP contribution in [0.5, 0.6) is 0 Å². The summed E-state index contributed by atoms with van der Waals surface area (Å²) >= 11 is 0. The van der Waals surface area contributed by atoms with Crippen LogP contribution in [0.1, 0.15) is 52.2 Å².